The molecule has 0 radical (unpaired) electrons. The zero-order valence-corrected chi connectivity index (χ0v) is 16.8. The number of aryl methyl sites for hydroxylation is 1. The van der Waals surface area contributed by atoms with E-state index < -0.39 is 11.6 Å². The van der Waals surface area contributed by atoms with E-state index in [0.29, 0.717) is 13.1 Å². The zero-order valence-electron chi connectivity index (χ0n) is 16.8. The molecule has 4 rings (SSSR count). The molecule has 2 N–H and O–H groups in total. The lowest BCUT2D eigenvalue weighted by Crippen LogP contribution is -2.40. The molecule has 2 heterocycles. The second-order valence-corrected chi connectivity index (χ2v) is 7.83. The average Bonchev–Trinajstić information content (AvgIpc) is 3.11. The van der Waals surface area contributed by atoms with Crippen LogP contribution in [0.15, 0.2) is 48.7 Å². The van der Waals surface area contributed by atoms with E-state index in [1.54, 1.807) is 6.20 Å². The quantitative estimate of drug-likeness (QED) is 0.695. The van der Waals surface area contributed by atoms with Gasteiger partial charge in [-0.05, 0) is 44.0 Å². The minimum atomic E-state index is -0.674. The summed E-state index contributed by atoms with van der Waals surface area (Å²) >= 11 is 0. The van der Waals surface area contributed by atoms with Crippen molar-refractivity contribution in [1.29, 1.82) is 0 Å². The molecule has 1 aliphatic heterocycles. The Morgan fingerprint density at radius 1 is 1.23 bits per heavy atom. The number of nitrogens with two attached hydrogens (primary N) is 1. The first-order valence-electron chi connectivity index (χ1n) is 10.0. The van der Waals surface area contributed by atoms with Crippen molar-refractivity contribution in [2.24, 2.45) is 11.7 Å². The highest BCUT2D eigenvalue weighted by molar-refractivity contribution is 5.77. The Balaban J connectivity index is 1.73. The van der Waals surface area contributed by atoms with Crippen molar-refractivity contribution < 1.29 is 13.6 Å². The van der Waals surface area contributed by atoms with Crippen molar-refractivity contribution in [1.82, 2.24) is 14.7 Å². The summed E-state index contributed by atoms with van der Waals surface area (Å²) in [6, 6.07) is 11.3. The number of halogens is 2. The van der Waals surface area contributed by atoms with Gasteiger partial charge in [0, 0.05) is 36.5 Å². The Kier molecular flexibility index (Phi) is 5.63. The maximum Gasteiger partial charge on any atom is 0.221 e. The standard InChI is InChI=1S/C23H24F2N4O/c1-15-5-2-3-7-19(15)22-17(13-28-10-4-6-16(12-28)23(26)30)14-29(27-22)21-9-8-18(24)11-20(21)25/h2-3,5,7-9,11,14,16H,4,6,10,12-13H2,1H3,(H2,26,30)/t16-/m0/s1. The fourth-order valence-electron chi connectivity index (χ4n) is 4.05. The molecule has 1 aliphatic rings. The number of benzene rings is 2. The Bertz CT molecular complexity index is 1080. The van der Waals surface area contributed by atoms with Gasteiger partial charge in [-0.1, -0.05) is 24.3 Å². The molecule has 1 saturated heterocycles. The SMILES string of the molecule is Cc1ccccc1-c1nn(-c2ccc(F)cc2F)cc1CN1CCC[C@H](C(N)=O)C1. The summed E-state index contributed by atoms with van der Waals surface area (Å²) < 4.78 is 29.2. The number of carbonyl (C=O) groups is 1. The normalized spacial score (nSPS) is 17.2. The van der Waals surface area contributed by atoms with Gasteiger partial charge in [0.15, 0.2) is 5.82 Å². The third-order valence-electron chi connectivity index (χ3n) is 5.65. The van der Waals surface area contributed by atoms with E-state index in [2.05, 4.69) is 10.00 Å². The summed E-state index contributed by atoms with van der Waals surface area (Å²) in [6.07, 6.45) is 3.48. The average molecular weight is 410 g/mol. The van der Waals surface area contributed by atoms with Gasteiger partial charge in [0.2, 0.25) is 5.91 Å². The summed E-state index contributed by atoms with van der Waals surface area (Å²) in [4.78, 5) is 13.8. The molecule has 3 aromatic rings. The van der Waals surface area contributed by atoms with Crippen molar-refractivity contribution in [2.45, 2.75) is 26.3 Å². The number of amides is 1. The van der Waals surface area contributed by atoms with Gasteiger partial charge in [-0.2, -0.15) is 5.10 Å². The number of likely N-dealkylation sites (tertiary alicyclic amines) is 1. The molecule has 156 valence electrons. The minimum absolute atomic E-state index is 0.162. The number of nitrogens with zero attached hydrogens (tertiary/aromatic N) is 3. The number of piperidine rings is 1. The molecule has 1 fully saturated rings. The van der Waals surface area contributed by atoms with Crippen LogP contribution in [0.5, 0.6) is 0 Å². The molecule has 0 saturated carbocycles. The van der Waals surface area contributed by atoms with Crippen molar-refractivity contribution in [2.75, 3.05) is 13.1 Å². The van der Waals surface area contributed by atoms with Crippen LogP contribution in [0.3, 0.4) is 0 Å². The van der Waals surface area contributed by atoms with Gasteiger partial charge < -0.3 is 5.73 Å². The lowest BCUT2D eigenvalue weighted by atomic mass is 9.96. The molecule has 5 nitrogen and oxygen atoms in total. The molecule has 7 heteroatoms. The molecule has 0 bridgehead atoms. The van der Waals surface area contributed by atoms with E-state index in [-0.39, 0.29) is 17.5 Å². The summed E-state index contributed by atoms with van der Waals surface area (Å²) in [5.41, 5.74) is 9.38. The topological polar surface area (TPSA) is 64.2 Å². The summed E-state index contributed by atoms with van der Waals surface area (Å²) in [6.45, 7) is 4.02. The number of rotatable bonds is 5. The lowest BCUT2D eigenvalue weighted by Gasteiger charge is -2.31. The van der Waals surface area contributed by atoms with Gasteiger partial charge in [-0.3, -0.25) is 9.69 Å². The first kappa shape index (κ1) is 20.2. The highest BCUT2D eigenvalue weighted by Gasteiger charge is 2.26. The van der Waals surface area contributed by atoms with Crippen molar-refractivity contribution >= 4 is 5.91 Å². The summed E-state index contributed by atoms with van der Waals surface area (Å²) in [7, 11) is 0. The van der Waals surface area contributed by atoms with E-state index in [9.17, 15) is 13.6 Å². The van der Waals surface area contributed by atoms with E-state index in [1.165, 1.54) is 16.8 Å². The first-order valence-corrected chi connectivity index (χ1v) is 10.0. The highest BCUT2D eigenvalue weighted by atomic mass is 19.1. The number of aromatic nitrogens is 2. The predicted octanol–water partition coefficient (Wildman–Crippen LogP) is 3.82. The fraction of sp³-hybridized carbons (Fsp3) is 0.304. The third-order valence-corrected chi connectivity index (χ3v) is 5.65. The van der Waals surface area contributed by atoms with Crippen molar-refractivity contribution in [3.63, 3.8) is 0 Å². The van der Waals surface area contributed by atoms with Crippen LogP contribution in [0.1, 0.15) is 24.0 Å². The monoisotopic (exact) mass is 410 g/mol. The number of carbonyl (C=O) groups excluding carboxylic acids is 1. The van der Waals surface area contributed by atoms with Crippen LogP contribution in [0.25, 0.3) is 16.9 Å². The molecule has 0 spiro atoms. The second kappa shape index (κ2) is 8.36. The molecule has 1 amide bonds. The van der Waals surface area contributed by atoms with E-state index >= 15 is 0 Å². The largest absolute Gasteiger partial charge is 0.369 e. The number of primary amides is 1. The Morgan fingerprint density at radius 3 is 2.77 bits per heavy atom. The van der Waals surface area contributed by atoms with Gasteiger partial charge >= 0.3 is 0 Å². The van der Waals surface area contributed by atoms with Crippen LogP contribution < -0.4 is 5.73 Å². The Morgan fingerprint density at radius 2 is 2.03 bits per heavy atom. The van der Waals surface area contributed by atoms with Crippen LogP contribution >= 0.6 is 0 Å². The van der Waals surface area contributed by atoms with Gasteiger partial charge in [0.1, 0.15) is 11.5 Å². The molecular formula is C23H24F2N4O. The smallest absolute Gasteiger partial charge is 0.221 e. The number of hydrogen-bond acceptors (Lipinski definition) is 3. The molecule has 30 heavy (non-hydrogen) atoms. The lowest BCUT2D eigenvalue weighted by molar-refractivity contribution is -0.123. The van der Waals surface area contributed by atoms with Crippen LogP contribution in [-0.2, 0) is 11.3 Å². The first-order chi connectivity index (χ1) is 14.4. The molecule has 0 unspecified atom stereocenters. The van der Waals surface area contributed by atoms with Gasteiger partial charge in [0.25, 0.3) is 0 Å². The number of hydrogen-bond donors (Lipinski definition) is 1. The zero-order chi connectivity index (χ0) is 21.3. The maximum absolute atomic E-state index is 14.4. The maximum atomic E-state index is 14.4. The van der Waals surface area contributed by atoms with E-state index in [0.717, 1.165) is 47.8 Å². The molecule has 2 aromatic carbocycles. The van der Waals surface area contributed by atoms with Crippen molar-refractivity contribution in [3.8, 4) is 16.9 Å². The fourth-order valence-corrected chi connectivity index (χ4v) is 4.05. The molecule has 1 aromatic heterocycles. The third kappa shape index (κ3) is 4.11. The van der Waals surface area contributed by atoms with E-state index in [4.69, 9.17) is 5.73 Å². The predicted molar refractivity (Wildman–Crippen MR) is 111 cm³/mol. The molecular weight excluding hydrogens is 386 g/mol. The Labute approximate surface area is 174 Å². The second-order valence-electron chi connectivity index (χ2n) is 7.83. The van der Waals surface area contributed by atoms with E-state index in [1.807, 2.05) is 31.2 Å². The van der Waals surface area contributed by atoms with Crippen LogP contribution in [-0.4, -0.2) is 33.7 Å². The highest BCUT2D eigenvalue weighted by Crippen LogP contribution is 2.29. The van der Waals surface area contributed by atoms with Crippen LogP contribution in [0.2, 0.25) is 0 Å². The minimum Gasteiger partial charge on any atom is -0.369 e. The van der Waals surface area contributed by atoms with Gasteiger partial charge in [-0.25, -0.2) is 13.5 Å². The van der Waals surface area contributed by atoms with Gasteiger partial charge in [-0.15, -0.1) is 0 Å². The summed E-state index contributed by atoms with van der Waals surface area (Å²) in [5, 5.41) is 4.66. The van der Waals surface area contributed by atoms with Crippen molar-refractivity contribution in [3.05, 3.63) is 71.4 Å². The molecule has 0 aliphatic carbocycles. The molecule has 1 atom stereocenters. The Hall–Kier alpha value is -3.06. The van der Waals surface area contributed by atoms with Crippen LogP contribution in [0.4, 0.5) is 8.78 Å². The van der Waals surface area contributed by atoms with Crippen LogP contribution in [0, 0.1) is 24.5 Å². The van der Waals surface area contributed by atoms with Gasteiger partial charge in [0.05, 0.1) is 11.6 Å². The summed E-state index contributed by atoms with van der Waals surface area (Å²) in [5.74, 6) is -1.74.